The lowest BCUT2D eigenvalue weighted by Crippen LogP contribution is -2.44. The molecule has 0 saturated carbocycles. The maximum atomic E-state index is 12.1. The van der Waals surface area contributed by atoms with Crippen molar-refractivity contribution < 1.29 is 14.3 Å². The minimum atomic E-state index is -0.605. The van der Waals surface area contributed by atoms with Crippen LogP contribution in [0.2, 0.25) is 0 Å². The summed E-state index contributed by atoms with van der Waals surface area (Å²) in [5.74, 6) is 0.169. The Kier molecular flexibility index (Phi) is 6.31. The molecule has 1 heterocycles. The number of nitrogens with one attached hydrogen (secondary N) is 2. The molecule has 1 atom stereocenters. The molecule has 2 amide bonds. The minimum Gasteiger partial charge on any atom is -0.486 e. The highest BCUT2D eigenvalue weighted by Crippen LogP contribution is 2.16. The molecule has 0 aliphatic rings. The number of hydrogen-bond donors (Lipinski definition) is 2. The van der Waals surface area contributed by atoms with Crippen molar-refractivity contribution in [3.8, 4) is 5.75 Å². The fraction of sp³-hybridized carbons (Fsp3) is 0.353. The second-order valence-electron chi connectivity index (χ2n) is 5.32. The molecule has 2 rings (SSSR count). The average molecular weight is 347 g/mol. The molecule has 2 aromatic rings. The summed E-state index contributed by atoms with van der Waals surface area (Å²) in [6, 6.07) is 7.12. The van der Waals surface area contributed by atoms with Gasteiger partial charge in [-0.2, -0.15) is 0 Å². The summed E-state index contributed by atoms with van der Waals surface area (Å²) >= 11 is 1.35. The number of rotatable bonds is 7. The number of amides is 2. The molecule has 0 fully saturated rings. The number of aryl methyl sites for hydroxylation is 1. The molecule has 1 aromatic heterocycles. The summed E-state index contributed by atoms with van der Waals surface area (Å²) in [5.41, 5.74) is 1.45. The van der Waals surface area contributed by atoms with Crippen molar-refractivity contribution in [2.24, 2.45) is 0 Å². The van der Waals surface area contributed by atoms with Crippen molar-refractivity contribution >= 4 is 23.2 Å². The van der Waals surface area contributed by atoms with Crippen LogP contribution >= 0.6 is 11.3 Å². The van der Waals surface area contributed by atoms with Crippen molar-refractivity contribution in [3.63, 3.8) is 0 Å². The maximum Gasteiger partial charge on any atom is 0.271 e. The number of thiazole rings is 1. The molecule has 24 heavy (non-hydrogen) atoms. The standard InChI is InChI=1S/C17H21N3O3S/c1-4-18-16(21)12(3)19-17(22)14-10-24-15(20-14)9-23-13-7-5-11(2)6-8-13/h5-8,10,12H,4,9H2,1-3H3,(H,18,21)(H,19,22). The molecule has 0 bridgehead atoms. The lowest BCUT2D eigenvalue weighted by Gasteiger charge is -2.12. The first-order valence-electron chi connectivity index (χ1n) is 7.72. The quantitative estimate of drug-likeness (QED) is 0.805. The molecule has 0 spiro atoms. The number of ether oxygens (including phenoxy) is 1. The summed E-state index contributed by atoms with van der Waals surface area (Å²) in [5, 5.41) is 7.65. The Morgan fingerprint density at radius 3 is 2.67 bits per heavy atom. The fourth-order valence-electron chi connectivity index (χ4n) is 1.92. The third-order valence-electron chi connectivity index (χ3n) is 3.26. The minimum absolute atomic E-state index is 0.219. The molecule has 0 radical (unpaired) electrons. The summed E-state index contributed by atoms with van der Waals surface area (Å²) < 4.78 is 5.64. The van der Waals surface area contributed by atoms with Gasteiger partial charge in [0, 0.05) is 11.9 Å². The number of aromatic nitrogens is 1. The Morgan fingerprint density at radius 2 is 2.00 bits per heavy atom. The van der Waals surface area contributed by atoms with Gasteiger partial charge in [0.2, 0.25) is 5.91 Å². The summed E-state index contributed by atoms with van der Waals surface area (Å²) in [6.45, 7) is 6.30. The molecule has 0 aliphatic heterocycles. The molecule has 128 valence electrons. The van der Waals surface area contributed by atoms with E-state index in [2.05, 4.69) is 15.6 Å². The topological polar surface area (TPSA) is 80.3 Å². The van der Waals surface area contributed by atoms with Crippen molar-refractivity contribution in [2.75, 3.05) is 6.54 Å². The first kappa shape index (κ1) is 17.9. The number of nitrogens with zero attached hydrogens (tertiary/aromatic N) is 1. The number of carbonyl (C=O) groups is 2. The predicted molar refractivity (Wildman–Crippen MR) is 93.2 cm³/mol. The van der Waals surface area contributed by atoms with Crippen LogP contribution in [0.3, 0.4) is 0 Å². The van der Waals surface area contributed by atoms with Crippen LogP contribution < -0.4 is 15.4 Å². The summed E-state index contributed by atoms with van der Waals surface area (Å²) in [4.78, 5) is 28.0. The van der Waals surface area contributed by atoms with E-state index in [-0.39, 0.29) is 11.8 Å². The van der Waals surface area contributed by atoms with E-state index in [1.54, 1.807) is 12.3 Å². The third-order valence-corrected chi connectivity index (χ3v) is 4.08. The zero-order chi connectivity index (χ0) is 17.5. The molecule has 1 aromatic carbocycles. The Hall–Kier alpha value is -2.41. The molecule has 1 unspecified atom stereocenters. The molecule has 7 heteroatoms. The third kappa shape index (κ3) is 5.06. The van der Waals surface area contributed by atoms with Gasteiger partial charge in [-0.25, -0.2) is 4.98 Å². The number of carbonyl (C=O) groups excluding carboxylic acids is 2. The van der Waals surface area contributed by atoms with Crippen molar-refractivity contribution in [2.45, 2.75) is 33.4 Å². The highest BCUT2D eigenvalue weighted by molar-refractivity contribution is 7.09. The molecule has 0 saturated heterocycles. The van der Waals surface area contributed by atoms with E-state index < -0.39 is 6.04 Å². The van der Waals surface area contributed by atoms with Gasteiger partial charge >= 0.3 is 0 Å². The van der Waals surface area contributed by atoms with Gasteiger partial charge in [0.15, 0.2) is 0 Å². The van der Waals surface area contributed by atoms with Gasteiger partial charge in [-0.3, -0.25) is 9.59 Å². The van der Waals surface area contributed by atoms with Crippen LogP contribution in [-0.2, 0) is 11.4 Å². The number of benzene rings is 1. The molecular formula is C17H21N3O3S. The summed E-state index contributed by atoms with van der Waals surface area (Å²) in [6.07, 6.45) is 0. The van der Waals surface area contributed by atoms with Gasteiger partial charge in [0.05, 0.1) is 0 Å². The van der Waals surface area contributed by atoms with Gasteiger partial charge in [-0.1, -0.05) is 17.7 Å². The zero-order valence-corrected chi connectivity index (χ0v) is 14.8. The largest absolute Gasteiger partial charge is 0.486 e. The lowest BCUT2D eigenvalue weighted by molar-refractivity contribution is -0.122. The van der Waals surface area contributed by atoms with E-state index in [1.165, 1.54) is 11.3 Å². The Bertz CT molecular complexity index is 697. The molecular weight excluding hydrogens is 326 g/mol. The fourth-order valence-corrected chi connectivity index (χ4v) is 2.61. The first-order chi connectivity index (χ1) is 11.5. The molecule has 2 N–H and O–H groups in total. The summed E-state index contributed by atoms with van der Waals surface area (Å²) in [7, 11) is 0. The monoisotopic (exact) mass is 347 g/mol. The Labute approximate surface area is 145 Å². The Morgan fingerprint density at radius 1 is 1.29 bits per heavy atom. The van der Waals surface area contributed by atoms with Gasteiger partial charge < -0.3 is 15.4 Å². The van der Waals surface area contributed by atoms with Gasteiger partial charge in [0.1, 0.15) is 29.1 Å². The second kappa shape index (κ2) is 8.44. The van der Waals surface area contributed by atoms with E-state index in [0.717, 1.165) is 11.3 Å². The van der Waals surface area contributed by atoms with Gasteiger partial charge in [-0.05, 0) is 32.9 Å². The number of hydrogen-bond acceptors (Lipinski definition) is 5. The highest BCUT2D eigenvalue weighted by atomic mass is 32.1. The van der Waals surface area contributed by atoms with Crippen LogP contribution in [0.5, 0.6) is 5.75 Å². The van der Waals surface area contributed by atoms with Crippen molar-refractivity contribution in [1.29, 1.82) is 0 Å². The van der Waals surface area contributed by atoms with E-state index in [4.69, 9.17) is 4.74 Å². The van der Waals surface area contributed by atoms with Crippen LogP contribution in [0, 0.1) is 6.92 Å². The zero-order valence-electron chi connectivity index (χ0n) is 14.0. The predicted octanol–water partition coefficient (Wildman–Crippen LogP) is 2.28. The normalized spacial score (nSPS) is 11.6. The van der Waals surface area contributed by atoms with E-state index in [0.29, 0.717) is 23.9 Å². The van der Waals surface area contributed by atoms with Gasteiger partial charge in [0.25, 0.3) is 5.91 Å². The first-order valence-corrected chi connectivity index (χ1v) is 8.60. The second-order valence-corrected chi connectivity index (χ2v) is 6.26. The van der Waals surface area contributed by atoms with E-state index in [9.17, 15) is 9.59 Å². The average Bonchev–Trinajstić information content (AvgIpc) is 3.03. The van der Waals surface area contributed by atoms with Crippen LogP contribution in [0.25, 0.3) is 0 Å². The smallest absolute Gasteiger partial charge is 0.271 e. The van der Waals surface area contributed by atoms with Crippen LogP contribution in [-0.4, -0.2) is 29.4 Å². The Balaban J connectivity index is 1.88. The van der Waals surface area contributed by atoms with Crippen molar-refractivity contribution in [3.05, 3.63) is 45.9 Å². The van der Waals surface area contributed by atoms with Crippen LogP contribution in [0.4, 0.5) is 0 Å². The van der Waals surface area contributed by atoms with Crippen LogP contribution in [0.15, 0.2) is 29.6 Å². The maximum absolute atomic E-state index is 12.1. The number of likely N-dealkylation sites (N-methyl/N-ethyl adjacent to an activating group) is 1. The molecule has 6 nitrogen and oxygen atoms in total. The van der Waals surface area contributed by atoms with E-state index in [1.807, 2.05) is 38.1 Å². The van der Waals surface area contributed by atoms with Gasteiger partial charge in [-0.15, -0.1) is 11.3 Å². The van der Waals surface area contributed by atoms with Crippen LogP contribution in [0.1, 0.15) is 34.9 Å². The lowest BCUT2D eigenvalue weighted by atomic mass is 10.2. The van der Waals surface area contributed by atoms with E-state index >= 15 is 0 Å². The molecule has 0 aliphatic carbocycles. The van der Waals surface area contributed by atoms with Crippen molar-refractivity contribution in [1.82, 2.24) is 15.6 Å². The SMILES string of the molecule is CCNC(=O)C(C)NC(=O)c1csc(COc2ccc(C)cc2)n1. The highest BCUT2D eigenvalue weighted by Gasteiger charge is 2.18.